The van der Waals surface area contributed by atoms with Crippen molar-refractivity contribution in [1.82, 2.24) is 9.47 Å². The second-order valence-corrected chi connectivity index (χ2v) is 7.97. The van der Waals surface area contributed by atoms with Gasteiger partial charge in [-0.15, -0.1) is 0 Å². The SMILES string of the molecule is O=C(N(O)c1ccc(Cn2c3c(c4ccccc42)C2CCN(C3)C2)cc1)C(F)(F)F. The summed E-state index contributed by atoms with van der Waals surface area (Å²) in [6.07, 6.45) is -3.97. The highest BCUT2D eigenvalue weighted by Gasteiger charge is 2.43. The van der Waals surface area contributed by atoms with E-state index in [-0.39, 0.29) is 10.8 Å². The number of carbonyl (C=O) groups excluding carboxylic acids is 1. The van der Waals surface area contributed by atoms with Crippen LogP contribution in [0, 0.1) is 0 Å². The second kappa shape index (κ2) is 6.85. The highest BCUT2D eigenvalue weighted by molar-refractivity contribution is 5.95. The highest BCUT2D eigenvalue weighted by Crippen LogP contribution is 2.42. The third-order valence-corrected chi connectivity index (χ3v) is 6.13. The molecule has 2 aliphatic rings. The number of aromatic nitrogens is 1. The van der Waals surface area contributed by atoms with E-state index in [1.54, 1.807) is 12.1 Å². The van der Waals surface area contributed by atoms with Crippen molar-refractivity contribution < 1.29 is 23.2 Å². The zero-order valence-corrected chi connectivity index (χ0v) is 16.1. The summed E-state index contributed by atoms with van der Waals surface area (Å²) >= 11 is 0. The molecule has 30 heavy (non-hydrogen) atoms. The summed E-state index contributed by atoms with van der Waals surface area (Å²) in [5.41, 5.74) is 4.53. The van der Waals surface area contributed by atoms with Gasteiger partial charge in [0.15, 0.2) is 0 Å². The van der Waals surface area contributed by atoms with E-state index >= 15 is 0 Å². The number of amides is 1. The van der Waals surface area contributed by atoms with E-state index in [1.165, 1.54) is 28.8 Å². The van der Waals surface area contributed by atoms with Crippen molar-refractivity contribution in [3.63, 3.8) is 0 Å². The van der Waals surface area contributed by atoms with Gasteiger partial charge in [-0.1, -0.05) is 30.3 Å². The maximum atomic E-state index is 12.5. The maximum Gasteiger partial charge on any atom is 0.473 e. The van der Waals surface area contributed by atoms with Gasteiger partial charge < -0.3 is 4.57 Å². The molecule has 1 fully saturated rings. The molecular formula is C22H20F3N3O2. The summed E-state index contributed by atoms with van der Waals surface area (Å²) in [5.74, 6) is -1.77. The Balaban J connectivity index is 1.47. The van der Waals surface area contributed by atoms with E-state index < -0.39 is 12.1 Å². The van der Waals surface area contributed by atoms with Gasteiger partial charge in [0.25, 0.3) is 0 Å². The molecule has 0 spiro atoms. The lowest BCUT2D eigenvalue weighted by atomic mass is 9.93. The average molecular weight is 415 g/mol. The Kier molecular flexibility index (Phi) is 4.37. The number of hydrogen-bond donors (Lipinski definition) is 1. The van der Waals surface area contributed by atoms with Gasteiger partial charge in [-0.3, -0.25) is 14.9 Å². The van der Waals surface area contributed by atoms with Crippen LogP contribution in [0.5, 0.6) is 0 Å². The van der Waals surface area contributed by atoms with Gasteiger partial charge in [0.2, 0.25) is 0 Å². The molecule has 5 nitrogen and oxygen atoms in total. The lowest BCUT2D eigenvalue weighted by Crippen LogP contribution is -2.38. The molecule has 2 aromatic carbocycles. The Morgan fingerprint density at radius 3 is 2.60 bits per heavy atom. The van der Waals surface area contributed by atoms with Crippen LogP contribution in [0.15, 0.2) is 48.5 Å². The van der Waals surface area contributed by atoms with E-state index in [1.807, 2.05) is 6.07 Å². The van der Waals surface area contributed by atoms with Gasteiger partial charge in [0.05, 0.1) is 5.69 Å². The molecule has 1 amide bonds. The number of hydroxylamine groups is 1. The van der Waals surface area contributed by atoms with Crippen LogP contribution in [0.1, 0.15) is 29.2 Å². The lowest BCUT2D eigenvalue weighted by molar-refractivity contribution is -0.175. The van der Waals surface area contributed by atoms with Crippen molar-refractivity contribution in [2.24, 2.45) is 0 Å². The van der Waals surface area contributed by atoms with E-state index in [2.05, 4.69) is 27.7 Å². The molecule has 2 atom stereocenters. The van der Waals surface area contributed by atoms with Crippen LogP contribution >= 0.6 is 0 Å². The van der Waals surface area contributed by atoms with E-state index in [0.717, 1.165) is 37.1 Å². The fourth-order valence-electron chi connectivity index (χ4n) is 4.78. The molecule has 8 heteroatoms. The molecular weight excluding hydrogens is 395 g/mol. The minimum atomic E-state index is -5.13. The third-order valence-electron chi connectivity index (χ3n) is 6.13. The summed E-state index contributed by atoms with van der Waals surface area (Å²) in [6.45, 7) is 3.65. The van der Waals surface area contributed by atoms with Crippen LogP contribution in [0.2, 0.25) is 0 Å². The largest absolute Gasteiger partial charge is 0.473 e. The first-order valence-electron chi connectivity index (χ1n) is 9.84. The van der Waals surface area contributed by atoms with Crippen LogP contribution in [0.25, 0.3) is 10.9 Å². The molecule has 1 saturated heterocycles. The number of halogens is 3. The Hall–Kier alpha value is -2.84. The molecule has 2 aliphatic heterocycles. The monoisotopic (exact) mass is 415 g/mol. The number of rotatable bonds is 3. The molecule has 0 aliphatic carbocycles. The number of nitrogens with zero attached hydrogens (tertiary/aromatic N) is 3. The quantitative estimate of drug-likeness (QED) is 0.513. The first-order chi connectivity index (χ1) is 14.3. The van der Waals surface area contributed by atoms with Gasteiger partial charge in [-0.2, -0.15) is 18.2 Å². The molecule has 3 aromatic rings. The molecule has 0 saturated carbocycles. The summed E-state index contributed by atoms with van der Waals surface area (Å²) in [4.78, 5) is 13.7. The molecule has 156 valence electrons. The minimum Gasteiger partial charge on any atom is -0.339 e. The van der Waals surface area contributed by atoms with Gasteiger partial charge in [0, 0.05) is 42.1 Å². The number of fused-ring (bicyclic) bond motifs is 6. The third kappa shape index (κ3) is 3.07. The smallest absolute Gasteiger partial charge is 0.339 e. The van der Waals surface area contributed by atoms with Crippen molar-refractivity contribution in [1.29, 1.82) is 0 Å². The van der Waals surface area contributed by atoms with Crippen LogP contribution in [0.4, 0.5) is 18.9 Å². The predicted octanol–water partition coefficient (Wildman–Crippen LogP) is 4.28. The fraction of sp³-hybridized carbons (Fsp3) is 0.318. The Labute approximate surface area is 170 Å². The minimum absolute atomic E-state index is 0.218. The molecule has 2 unspecified atom stereocenters. The van der Waals surface area contributed by atoms with Crippen molar-refractivity contribution in [3.8, 4) is 0 Å². The summed E-state index contributed by atoms with van der Waals surface area (Å²) in [7, 11) is 0. The zero-order valence-electron chi connectivity index (χ0n) is 16.1. The number of para-hydroxylation sites is 1. The fourth-order valence-corrected chi connectivity index (χ4v) is 4.78. The first kappa shape index (κ1) is 19.1. The Morgan fingerprint density at radius 2 is 1.87 bits per heavy atom. The molecule has 5 rings (SSSR count). The predicted molar refractivity (Wildman–Crippen MR) is 105 cm³/mol. The maximum absolute atomic E-state index is 12.5. The summed E-state index contributed by atoms with van der Waals surface area (Å²) in [5, 5.41) is 10.5. The molecule has 3 heterocycles. The number of alkyl halides is 3. The van der Waals surface area contributed by atoms with Gasteiger partial charge in [-0.05, 0) is 42.3 Å². The Morgan fingerprint density at radius 1 is 1.13 bits per heavy atom. The number of carbonyl (C=O) groups is 1. The highest BCUT2D eigenvalue weighted by atomic mass is 19.4. The standard InChI is InChI=1S/C22H20F3N3O2/c23-22(24,25)21(29)28(30)16-7-5-14(6-8-16)11-27-18-4-2-1-3-17(18)20-15-9-10-26(12-15)13-19(20)27/h1-8,15,30H,9-13H2. The van der Waals surface area contributed by atoms with Gasteiger partial charge >= 0.3 is 12.1 Å². The number of benzene rings is 2. The van der Waals surface area contributed by atoms with Crippen molar-refractivity contribution in [3.05, 3.63) is 65.4 Å². The van der Waals surface area contributed by atoms with Gasteiger partial charge in [0.1, 0.15) is 0 Å². The van der Waals surface area contributed by atoms with Crippen LogP contribution in [0.3, 0.4) is 0 Å². The number of anilines is 1. The average Bonchev–Trinajstić information content (AvgIpc) is 3.26. The van der Waals surface area contributed by atoms with Crippen molar-refractivity contribution >= 4 is 22.5 Å². The molecule has 1 N–H and O–H groups in total. The van der Waals surface area contributed by atoms with Crippen molar-refractivity contribution in [2.45, 2.75) is 31.6 Å². The summed E-state index contributed by atoms with van der Waals surface area (Å²) in [6, 6.07) is 14.3. The van der Waals surface area contributed by atoms with E-state index in [9.17, 15) is 23.2 Å². The topological polar surface area (TPSA) is 48.7 Å². The normalized spacial score (nSPS) is 20.4. The van der Waals surface area contributed by atoms with Crippen LogP contribution in [-0.4, -0.2) is 39.8 Å². The van der Waals surface area contributed by atoms with Crippen LogP contribution < -0.4 is 5.06 Å². The second-order valence-electron chi connectivity index (χ2n) is 7.97. The Bertz CT molecular complexity index is 1120. The van der Waals surface area contributed by atoms with E-state index in [4.69, 9.17) is 0 Å². The first-order valence-corrected chi connectivity index (χ1v) is 9.84. The van der Waals surface area contributed by atoms with E-state index in [0.29, 0.717) is 12.5 Å². The summed E-state index contributed by atoms with van der Waals surface area (Å²) < 4.78 is 39.9. The lowest BCUT2D eigenvalue weighted by Gasteiger charge is -2.25. The molecule has 1 aromatic heterocycles. The van der Waals surface area contributed by atoms with Gasteiger partial charge in [-0.25, -0.2) is 0 Å². The van der Waals surface area contributed by atoms with Crippen molar-refractivity contribution in [2.75, 3.05) is 18.2 Å². The number of hydrogen-bond acceptors (Lipinski definition) is 3. The molecule has 0 radical (unpaired) electrons. The zero-order chi connectivity index (χ0) is 21.0. The molecule has 2 bridgehead atoms. The van der Waals surface area contributed by atoms with Crippen LogP contribution in [-0.2, 0) is 17.9 Å².